The summed E-state index contributed by atoms with van der Waals surface area (Å²) in [4.78, 5) is 10.5. The highest BCUT2D eigenvalue weighted by Gasteiger charge is 2.20. The van der Waals surface area contributed by atoms with Gasteiger partial charge < -0.3 is 10.1 Å². The van der Waals surface area contributed by atoms with E-state index in [2.05, 4.69) is 19.2 Å². The molecule has 0 aliphatic carbocycles. The Morgan fingerprint density at radius 2 is 2.20 bits per heavy atom. The number of hydrogen-bond acceptors (Lipinski definition) is 5. The number of methoxy groups -OCH3 is 1. The Labute approximate surface area is 118 Å². The maximum Gasteiger partial charge on any atom is 0.293 e. The molecule has 0 fully saturated rings. The fraction of sp³-hybridized carbons (Fsp3) is 0.500. The molecule has 108 valence electrons. The van der Waals surface area contributed by atoms with Gasteiger partial charge in [-0.25, -0.2) is 0 Å². The van der Waals surface area contributed by atoms with Crippen LogP contribution in [0.4, 0.5) is 11.4 Å². The van der Waals surface area contributed by atoms with Gasteiger partial charge in [-0.3, -0.25) is 10.1 Å². The first kappa shape index (κ1) is 15.9. The van der Waals surface area contributed by atoms with Gasteiger partial charge in [-0.05, 0) is 24.0 Å². The Morgan fingerprint density at radius 1 is 1.50 bits per heavy atom. The number of rotatable bonds is 7. The molecule has 1 rings (SSSR count). The fourth-order valence-electron chi connectivity index (χ4n) is 1.70. The summed E-state index contributed by atoms with van der Waals surface area (Å²) in [5, 5.41) is 22.9. The Bertz CT molecular complexity index is 521. The second kappa shape index (κ2) is 6.87. The van der Waals surface area contributed by atoms with E-state index < -0.39 is 4.92 Å². The van der Waals surface area contributed by atoms with Crippen molar-refractivity contribution >= 4 is 11.4 Å². The number of ether oxygens (including phenoxy) is 1. The second-order valence-electron chi connectivity index (χ2n) is 5.36. The molecule has 1 aromatic carbocycles. The van der Waals surface area contributed by atoms with Crippen LogP contribution in [0.5, 0.6) is 0 Å². The predicted molar refractivity (Wildman–Crippen MR) is 76.6 cm³/mol. The van der Waals surface area contributed by atoms with Crippen molar-refractivity contribution in [3.8, 4) is 6.07 Å². The Hall–Kier alpha value is -2.13. The van der Waals surface area contributed by atoms with Crippen LogP contribution in [0.2, 0.25) is 0 Å². The van der Waals surface area contributed by atoms with Crippen LogP contribution in [0.3, 0.4) is 0 Å². The number of anilines is 1. The quantitative estimate of drug-likeness (QED) is 0.611. The Balaban J connectivity index is 2.82. The van der Waals surface area contributed by atoms with Gasteiger partial charge in [-0.2, -0.15) is 5.26 Å². The largest absolute Gasteiger partial charge is 0.385 e. The number of nitrogens with one attached hydrogen (secondary N) is 1. The van der Waals surface area contributed by atoms with Gasteiger partial charge in [0.2, 0.25) is 0 Å². The molecule has 0 aliphatic rings. The molecular weight excluding hydrogens is 258 g/mol. The highest BCUT2D eigenvalue weighted by molar-refractivity contribution is 5.64. The van der Waals surface area contributed by atoms with Crippen LogP contribution in [-0.4, -0.2) is 25.2 Å². The molecule has 6 heteroatoms. The van der Waals surface area contributed by atoms with Gasteiger partial charge in [0.15, 0.2) is 0 Å². The molecule has 1 N–H and O–H groups in total. The van der Waals surface area contributed by atoms with Gasteiger partial charge in [0.05, 0.1) is 16.6 Å². The second-order valence-corrected chi connectivity index (χ2v) is 5.36. The third kappa shape index (κ3) is 4.52. The highest BCUT2D eigenvalue weighted by Crippen LogP contribution is 2.28. The lowest BCUT2D eigenvalue weighted by molar-refractivity contribution is -0.384. The highest BCUT2D eigenvalue weighted by atomic mass is 16.6. The van der Waals surface area contributed by atoms with Crippen LogP contribution in [-0.2, 0) is 4.74 Å². The van der Waals surface area contributed by atoms with E-state index in [1.54, 1.807) is 19.2 Å². The van der Waals surface area contributed by atoms with E-state index >= 15 is 0 Å². The summed E-state index contributed by atoms with van der Waals surface area (Å²) in [5.74, 6) is 0. The summed E-state index contributed by atoms with van der Waals surface area (Å²) in [6, 6.07) is 6.32. The molecule has 0 radical (unpaired) electrons. The number of hydrogen-bond donors (Lipinski definition) is 1. The molecule has 0 aromatic heterocycles. The average molecular weight is 277 g/mol. The van der Waals surface area contributed by atoms with Crippen molar-refractivity contribution < 1.29 is 9.66 Å². The number of benzene rings is 1. The number of nitro groups is 1. The van der Waals surface area contributed by atoms with E-state index in [9.17, 15) is 10.1 Å². The molecule has 6 nitrogen and oxygen atoms in total. The topological polar surface area (TPSA) is 88.2 Å². The lowest BCUT2D eigenvalue weighted by Crippen LogP contribution is -2.24. The predicted octanol–water partition coefficient (Wildman–Crippen LogP) is 2.94. The minimum atomic E-state index is -0.481. The third-order valence-corrected chi connectivity index (χ3v) is 3.06. The van der Waals surface area contributed by atoms with Crippen molar-refractivity contribution in [2.45, 2.75) is 20.3 Å². The van der Waals surface area contributed by atoms with Crippen molar-refractivity contribution in [3.63, 3.8) is 0 Å². The van der Waals surface area contributed by atoms with E-state index in [1.807, 2.05) is 6.07 Å². The van der Waals surface area contributed by atoms with Gasteiger partial charge in [0, 0.05) is 26.3 Å². The maximum absolute atomic E-state index is 11.0. The SMILES string of the molecule is COCCC(C)(C)CNc1ccc(C#N)cc1[N+](=O)[O-]. The zero-order valence-corrected chi connectivity index (χ0v) is 12.0. The molecule has 0 heterocycles. The van der Waals surface area contributed by atoms with Gasteiger partial charge in [0.1, 0.15) is 5.69 Å². The monoisotopic (exact) mass is 277 g/mol. The number of nitriles is 1. The van der Waals surface area contributed by atoms with Crippen molar-refractivity contribution in [1.82, 2.24) is 0 Å². The summed E-state index contributed by atoms with van der Waals surface area (Å²) in [6.45, 7) is 5.36. The van der Waals surface area contributed by atoms with Crippen LogP contribution in [0.15, 0.2) is 18.2 Å². The summed E-state index contributed by atoms with van der Waals surface area (Å²) < 4.78 is 5.05. The molecule has 0 atom stereocenters. The molecule has 0 spiro atoms. The van der Waals surface area contributed by atoms with Gasteiger partial charge in [0.25, 0.3) is 5.69 Å². The average Bonchev–Trinajstić information content (AvgIpc) is 2.42. The summed E-state index contributed by atoms with van der Waals surface area (Å²) in [6.07, 6.45) is 0.848. The molecule has 1 aromatic rings. The molecule has 0 unspecified atom stereocenters. The smallest absolute Gasteiger partial charge is 0.293 e. The van der Waals surface area contributed by atoms with Crippen molar-refractivity contribution in [2.75, 3.05) is 25.6 Å². The molecule has 20 heavy (non-hydrogen) atoms. The molecule has 0 amide bonds. The fourth-order valence-corrected chi connectivity index (χ4v) is 1.70. The van der Waals surface area contributed by atoms with E-state index in [-0.39, 0.29) is 16.7 Å². The van der Waals surface area contributed by atoms with Crippen LogP contribution in [0.1, 0.15) is 25.8 Å². The molecule has 0 saturated carbocycles. The van der Waals surface area contributed by atoms with Crippen LogP contribution in [0.25, 0.3) is 0 Å². The Kier molecular flexibility index (Phi) is 5.47. The summed E-state index contributed by atoms with van der Waals surface area (Å²) >= 11 is 0. The van der Waals surface area contributed by atoms with E-state index in [1.165, 1.54) is 6.07 Å². The Morgan fingerprint density at radius 3 is 2.75 bits per heavy atom. The first-order valence-electron chi connectivity index (χ1n) is 6.31. The lowest BCUT2D eigenvalue weighted by atomic mass is 9.89. The minimum absolute atomic E-state index is 0.0439. The standard InChI is InChI=1S/C14H19N3O3/c1-14(2,6-7-20-3)10-16-12-5-4-11(9-15)8-13(12)17(18)19/h4-5,8,16H,6-7,10H2,1-3H3. The van der Waals surface area contributed by atoms with E-state index in [0.29, 0.717) is 18.8 Å². The van der Waals surface area contributed by atoms with Crippen LogP contribution in [0, 0.1) is 26.9 Å². The van der Waals surface area contributed by atoms with Gasteiger partial charge in [-0.15, -0.1) is 0 Å². The third-order valence-electron chi connectivity index (χ3n) is 3.06. The van der Waals surface area contributed by atoms with E-state index in [0.717, 1.165) is 6.42 Å². The number of nitro benzene ring substituents is 1. The summed E-state index contributed by atoms with van der Waals surface area (Å²) in [5.41, 5.74) is 0.588. The zero-order valence-electron chi connectivity index (χ0n) is 12.0. The number of nitrogens with zero attached hydrogens (tertiary/aromatic N) is 2. The first-order chi connectivity index (χ1) is 9.39. The van der Waals surface area contributed by atoms with Crippen molar-refractivity contribution in [3.05, 3.63) is 33.9 Å². The molecule has 0 aliphatic heterocycles. The van der Waals surface area contributed by atoms with Crippen LogP contribution < -0.4 is 5.32 Å². The normalized spacial score (nSPS) is 10.9. The molecule has 0 saturated heterocycles. The minimum Gasteiger partial charge on any atom is -0.385 e. The first-order valence-corrected chi connectivity index (χ1v) is 6.31. The van der Waals surface area contributed by atoms with Gasteiger partial charge >= 0.3 is 0 Å². The molecular formula is C14H19N3O3. The van der Waals surface area contributed by atoms with Crippen LogP contribution >= 0.6 is 0 Å². The zero-order chi connectivity index (χ0) is 15.2. The molecule has 0 bridgehead atoms. The summed E-state index contributed by atoms with van der Waals surface area (Å²) in [7, 11) is 1.65. The van der Waals surface area contributed by atoms with E-state index in [4.69, 9.17) is 10.00 Å². The maximum atomic E-state index is 11.0. The lowest BCUT2D eigenvalue weighted by Gasteiger charge is -2.25. The van der Waals surface area contributed by atoms with Crippen molar-refractivity contribution in [2.24, 2.45) is 5.41 Å². The van der Waals surface area contributed by atoms with Gasteiger partial charge in [-0.1, -0.05) is 13.8 Å². The van der Waals surface area contributed by atoms with Crippen molar-refractivity contribution in [1.29, 1.82) is 5.26 Å².